The van der Waals surface area contributed by atoms with Crippen LogP contribution in [0.25, 0.3) is 11.4 Å². The maximum Gasteiger partial charge on any atom is 0.318 e. The minimum atomic E-state index is -0.207. The number of carbonyl (C=O) groups is 1. The van der Waals surface area contributed by atoms with Gasteiger partial charge in [-0.3, -0.25) is 4.98 Å². The summed E-state index contributed by atoms with van der Waals surface area (Å²) < 4.78 is 5.55. The molecule has 0 radical (unpaired) electrons. The third kappa shape index (κ3) is 4.19. The molecule has 28 heavy (non-hydrogen) atoms. The van der Waals surface area contributed by atoms with Crippen molar-refractivity contribution in [1.29, 1.82) is 0 Å². The summed E-state index contributed by atoms with van der Waals surface area (Å²) in [6.45, 7) is 1.17. The molecule has 1 N–H and O–H groups in total. The summed E-state index contributed by atoms with van der Waals surface area (Å²) in [4.78, 5) is 23.3. The Labute approximate surface area is 163 Å². The smallest absolute Gasteiger partial charge is 0.318 e. The minimum Gasteiger partial charge on any atom is -0.337 e. The van der Waals surface area contributed by atoms with Crippen molar-refractivity contribution in [2.24, 2.45) is 0 Å². The summed E-state index contributed by atoms with van der Waals surface area (Å²) in [7, 11) is 0. The highest BCUT2D eigenvalue weighted by Crippen LogP contribution is 2.30. The van der Waals surface area contributed by atoms with Crippen LogP contribution < -0.4 is 5.32 Å². The lowest BCUT2D eigenvalue weighted by Gasteiger charge is -2.27. The second kappa shape index (κ2) is 8.65. The Bertz CT molecular complexity index is 897. The largest absolute Gasteiger partial charge is 0.337 e. The SMILES string of the molecule is O=C(NCc1ccccc1)N1CCCCCC1c1nc(-c2ccncc2)no1. The molecule has 7 heteroatoms. The fourth-order valence-electron chi connectivity index (χ4n) is 3.47. The lowest BCUT2D eigenvalue weighted by atomic mass is 10.1. The number of benzene rings is 1. The zero-order chi connectivity index (χ0) is 19.2. The molecule has 3 aromatic rings. The van der Waals surface area contributed by atoms with E-state index in [0.717, 1.165) is 36.8 Å². The molecular formula is C21H23N5O2. The van der Waals surface area contributed by atoms with Gasteiger partial charge in [0, 0.05) is 31.0 Å². The Kier molecular flexibility index (Phi) is 5.61. The van der Waals surface area contributed by atoms with Gasteiger partial charge in [-0.05, 0) is 30.5 Å². The highest BCUT2D eigenvalue weighted by Gasteiger charge is 2.31. The quantitative estimate of drug-likeness (QED) is 0.744. The predicted molar refractivity (Wildman–Crippen MR) is 104 cm³/mol. The van der Waals surface area contributed by atoms with E-state index in [0.29, 0.717) is 24.8 Å². The van der Waals surface area contributed by atoms with Gasteiger partial charge in [-0.2, -0.15) is 4.98 Å². The zero-order valence-corrected chi connectivity index (χ0v) is 15.6. The van der Waals surface area contributed by atoms with Crippen LogP contribution in [0.15, 0.2) is 59.4 Å². The topological polar surface area (TPSA) is 84.2 Å². The van der Waals surface area contributed by atoms with Gasteiger partial charge in [0.15, 0.2) is 0 Å². The Morgan fingerprint density at radius 3 is 2.75 bits per heavy atom. The first kappa shape index (κ1) is 18.2. The fraction of sp³-hybridized carbons (Fsp3) is 0.333. The van der Waals surface area contributed by atoms with Crippen molar-refractivity contribution >= 4 is 6.03 Å². The van der Waals surface area contributed by atoms with Crippen molar-refractivity contribution in [3.8, 4) is 11.4 Å². The molecule has 144 valence electrons. The molecule has 0 spiro atoms. The second-order valence-corrected chi connectivity index (χ2v) is 6.89. The van der Waals surface area contributed by atoms with Crippen molar-refractivity contribution in [1.82, 2.24) is 25.3 Å². The molecule has 2 amide bonds. The molecule has 1 aromatic carbocycles. The number of hydrogen-bond donors (Lipinski definition) is 1. The van der Waals surface area contributed by atoms with Crippen molar-refractivity contribution in [3.63, 3.8) is 0 Å². The maximum atomic E-state index is 12.9. The number of aromatic nitrogens is 3. The summed E-state index contributed by atoms with van der Waals surface area (Å²) in [5, 5.41) is 7.13. The van der Waals surface area contributed by atoms with Gasteiger partial charge in [0.05, 0.1) is 0 Å². The van der Waals surface area contributed by atoms with E-state index >= 15 is 0 Å². The Morgan fingerprint density at radius 1 is 1.11 bits per heavy atom. The third-order valence-corrected chi connectivity index (χ3v) is 4.97. The van der Waals surface area contributed by atoms with Crippen LogP contribution in [-0.2, 0) is 6.54 Å². The van der Waals surface area contributed by atoms with Crippen molar-refractivity contribution in [2.45, 2.75) is 38.3 Å². The lowest BCUT2D eigenvalue weighted by Crippen LogP contribution is -2.42. The highest BCUT2D eigenvalue weighted by atomic mass is 16.5. The van der Waals surface area contributed by atoms with Gasteiger partial charge in [0.1, 0.15) is 6.04 Å². The van der Waals surface area contributed by atoms with Crippen LogP contribution in [0.1, 0.15) is 43.2 Å². The number of hydrogen-bond acceptors (Lipinski definition) is 5. The summed E-state index contributed by atoms with van der Waals surface area (Å²) in [6.07, 6.45) is 7.29. The van der Waals surface area contributed by atoms with E-state index in [1.807, 2.05) is 47.4 Å². The number of nitrogens with zero attached hydrogens (tertiary/aromatic N) is 4. The zero-order valence-electron chi connectivity index (χ0n) is 15.6. The standard InChI is InChI=1S/C21H23N5O2/c27-21(23-15-16-7-3-1-4-8-16)26-14-6-2-5-9-18(26)20-24-19(25-28-20)17-10-12-22-13-11-17/h1,3-4,7-8,10-13,18H,2,5-6,9,14-15H2,(H,23,27). The molecule has 1 saturated heterocycles. The van der Waals surface area contributed by atoms with E-state index in [-0.39, 0.29) is 12.1 Å². The van der Waals surface area contributed by atoms with E-state index in [1.54, 1.807) is 12.4 Å². The van der Waals surface area contributed by atoms with E-state index in [1.165, 1.54) is 0 Å². The van der Waals surface area contributed by atoms with Crippen LogP contribution in [-0.4, -0.2) is 32.6 Å². The number of urea groups is 1. The first-order valence-corrected chi connectivity index (χ1v) is 9.63. The first-order chi connectivity index (χ1) is 13.8. The van der Waals surface area contributed by atoms with Crippen LogP contribution in [0, 0.1) is 0 Å². The molecule has 7 nitrogen and oxygen atoms in total. The van der Waals surface area contributed by atoms with Crippen molar-refractivity contribution < 1.29 is 9.32 Å². The molecule has 1 aliphatic heterocycles. The molecule has 2 aromatic heterocycles. The van der Waals surface area contributed by atoms with Crippen LogP contribution in [0.5, 0.6) is 0 Å². The van der Waals surface area contributed by atoms with Gasteiger partial charge >= 0.3 is 6.03 Å². The fourth-order valence-corrected chi connectivity index (χ4v) is 3.47. The number of amides is 2. The monoisotopic (exact) mass is 377 g/mol. The summed E-state index contributed by atoms with van der Waals surface area (Å²) >= 11 is 0. The molecule has 1 atom stereocenters. The molecule has 0 aliphatic carbocycles. The van der Waals surface area contributed by atoms with Gasteiger partial charge < -0.3 is 14.7 Å². The van der Waals surface area contributed by atoms with Crippen LogP contribution in [0.3, 0.4) is 0 Å². The predicted octanol–water partition coefficient (Wildman–Crippen LogP) is 3.96. The van der Waals surface area contributed by atoms with E-state index in [2.05, 4.69) is 20.4 Å². The van der Waals surface area contributed by atoms with Gasteiger partial charge in [0.25, 0.3) is 0 Å². The number of pyridine rings is 1. The minimum absolute atomic E-state index is 0.0978. The van der Waals surface area contributed by atoms with Crippen LogP contribution in [0.4, 0.5) is 4.79 Å². The molecule has 0 saturated carbocycles. The molecule has 1 fully saturated rings. The maximum absolute atomic E-state index is 12.9. The Balaban J connectivity index is 1.50. The summed E-state index contributed by atoms with van der Waals surface area (Å²) in [6, 6.07) is 13.3. The Morgan fingerprint density at radius 2 is 1.93 bits per heavy atom. The normalized spacial score (nSPS) is 17.1. The first-order valence-electron chi connectivity index (χ1n) is 9.63. The number of rotatable bonds is 4. The van der Waals surface area contributed by atoms with Crippen LogP contribution >= 0.6 is 0 Å². The molecule has 1 unspecified atom stereocenters. The average Bonchev–Trinajstić information content (AvgIpc) is 3.11. The van der Waals surface area contributed by atoms with E-state index in [9.17, 15) is 4.79 Å². The van der Waals surface area contributed by atoms with Gasteiger partial charge in [-0.25, -0.2) is 4.79 Å². The number of nitrogens with one attached hydrogen (secondary N) is 1. The van der Waals surface area contributed by atoms with Crippen molar-refractivity contribution in [3.05, 3.63) is 66.3 Å². The van der Waals surface area contributed by atoms with E-state index in [4.69, 9.17) is 4.52 Å². The second-order valence-electron chi connectivity index (χ2n) is 6.89. The molecular weight excluding hydrogens is 354 g/mol. The van der Waals surface area contributed by atoms with Crippen molar-refractivity contribution in [2.75, 3.05) is 6.54 Å². The Hall–Kier alpha value is -3.22. The number of carbonyl (C=O) groups excluding carboxylic acids is 1. The van der Waals surface area contributed by atoms with E-state index < -0.39 is 0 Å². The third-order valence-electron chi connectivity index (χ3n) is 4.97. The molecule has 4 rings (SSSR count). The average molecular weight is 377 g/mol. The van der Waals surface area contributed by atoms with Crippen LogP contribution in [0.2, 0.25) is 0 Å². The van der Waals surface area contributed by atoms with Gasteiger partial charge in [-0.1, -0.05) is 48.3 Å². The summed E-state index contributed by atoms with van der Waals surface area (Å²) in [5.74, 6) is 1.01. The van der Waals surface area contributed by atoms with Gasteiger partial charge in [-0.15, -0.1) is 0 Å². The molecule has 3 heterocycles. The lowest BCUT2D eigenvalue weighted by molar-refractivity contribution is 0.158. The molecule has 1 aliphatic rings. The molecule has 0 bridgehead atoms. The summed E-state index contributed by atoms with van der Waals surface area (Å²) in [5.41, 5.74) is 1.92. The van der Waals surface area contributed by atoms with Gasteiger partial charge in [0.2, 0.25) is 11.7 Å². The number of likely N-dealkylation sites (tertiary alicyclic amines) is 1. The highest BCUT2D eigenvalue weighted by molar-refractivity contribution is 5.74.